The number of rotatable bonds is 2. The number of allylic oxidation sites excluding steroid dienone is 3. The lowest BCUT2D eigenvalue weighted by Crippen LogP contribution is -1.73. The standard InChI is InChI=1S/C7H11F.C3H8.C2H6/c1-4-6(3)7(8)5-2;1-3-2;1-2/h5H,2,4H2,1,3H3;3H2,1-2H3;1-2H3/b7-6-;;. The van der Waals surface area contributed by atoms with Crippen LogP contribution in [0.15, 0.2) is 24.1 Å². The molecule has 0 aromatic carbocycles. The molecule has 80 valence electrons. The molecule has 0 amide bonds. The van der Waals surface area contributed by atoms with Crippen molar-refractivity contribution in [3.05, 3.63) is 24.1 Å². The summed E-state index contributed by atoms with van der Waals surface area (Å²) >= 11 is 0. The van der Waals surface area contributed by atoms with Crippen molar-refractivity contribution in [3.63, 3.8) is 0 Å². The Morgan fingerprint density at radius 1 is 1.23 bits per heavy atom. The molecule has 0 aromatic rings. The van der Waals surface area contributed by atoms with Crippen molar-refractivity contribution in [2.24, 2.45) is 0 Å². The van der Waals surface area contributed by atoms with Crippen LogP contribution in [0.1, 0.15) is 54.4 Å². The fourth-order valence-electron chi connectivity index (χ4n) is 0.343. The Hall–Kier alpha value is -0.590. The Labute approximate surface area is 83.6 Å². The minimum atomic E-state index is -0.187. The Morgan fingerprint density at radius 3 is 1.62 bits per heavy atom. The van der Waals surface area contributed by atoms with Crippen LogP contribution in [0.2, 0.25) is 0 Å². The van der Waals surface area contributed by atoms with E-state index in [0.29, 0.717) is 0 Å². The molecule has 0 heterocycles. The van der Waals surface area contributed by atoms with Gasteiger partial charge in [0.2, 0.25) is 0 Å². The van der Waals surface area contributed by atoms with Gasteiger partial charge in [-0.3, -0.25) is 0 Å². The molecular formula is C12H25F. The minimum absolute atomic E-state index is 0.187. The van der Waals surface area contributed by atoms with Crippen molar-refractivity contribution in [2.75, 3.05) is 0 Å². The summed E-state index contributed by atoms with van der Waals surface area (Å²) in [4.78, 5) is 0. The highest BCUT2D eigenvalue weighted by Gasteiger charge is 1.90. The highest BCUT2D eigenvalue weighted by molar-refractivity contribution is 5.14. The third-order valence-corrected chi connectivity index (χ3v) is 1.12. The summed E-state index contributed by atoms with van der Waals surface area (Å²) in [7, 11) is 0. The molecule has 0 saturated heterocycles. The zero-order chi connectivity index (χ0) is 11.3. The van der Waals surface area contributed by atoms with Crippen LogP contribution in [0.5, 0.6) is 0 Å². The minimum Gasteiger partial charge on any atom is -0.207 e. The molecule has 0 N–H and O–H groups in total. The lowest BCUT2D eigenvalue weighted by Gasteiger charge is -1.92. The maximum atomic E-state index is 12.3. The van der Waals surface area contributed by atoms with Crippen molar-refractivity contribution in [2.45, 2.75) is 54.4 Å². The molecule has 0 aromatic heterocycles. The summed E-state index contributed by atoms with van der Waals surface area (Å²) in [6, 6.07) is 0. The number of hydrogen-bond donors (Lipinski definition) is 0. The first-order chi connectivity index (χ1) is 6.13. The van der Waals surface area contributed by atoms with Gasteiger partial charge in [0, 0.05) is 0 Å². The topological polar surface area (TPSA) is 0 Å². The van der Waals surface area contributed by atoms with E-state index in [9.17, 15) is 4.39 Å². The maximum absolute atomic E-state index is 12.3. The molecule has 0 bridgehead atoms. The van der Waals surface area contributed by atoms with Gasteiger partial charge in [-0.15, -0.1) is 0 Å². The fourth-order valence-corrected chi connectivity index (χ4v) is 0.343. The van der Waals surface area contributed by atoms with Crippen LogP contribution in [0.3, 0.4) is 0 Å². The van der Waals surface area contributed by atoms with E-state index in [-0.39, 0.29) is 5.83 Å². The van der Waals surface area contributed by atoms with Crippen LogP contribution in [0.25, 0.3) is 0 Å². The predicted octanol–water partition coefficient (Wildman–Crippen LogP) is 5.27. The Morgan fingerprint density at radius 2 is 1.54 bits per heavy atom. The number of halogens is 1. The molecule has 0 aliphatic heterocycles. The third-order valence-electron chi connectivity index (χ3n) is 1.12. The first kappa shape index (κ1) is 18.2. The van der Waals surface area contributed by atoms with Crippen molar-refractivity contribution in [1.82, 2.24) is 0 Å². The molecule has 0 nitrogen and oxygen atoms in total. The Kier molecular flexibility index (Phi) is 24.5. The first-order valence-corrected chi connectivity index (χ1v) is 5.11. The normalized spacial score (nSPS) is 9.77. The van der Waals surface area contributed by atoms with E-state index in [1.165, 1.54) is 12.5 Å². The van der Waals surface area contributed by atoms with Gasteiger partial charge in [-0.25, -0.2) is 4.39 Å². The highest BCUT2D eigenvalue weighted by Crippen LogP contribution is 2.08. The second-order valence-corrected chi connectivity index (χ2v) is 2.39. The molecule has 0 atom stereocenters. The fraction of sp³-hybridized carbons (Fsp3) is 0.667. The summed E-state index contributed by atoms with van der Waals surface area (Å²) in [5.74, 6) is -0.187. The Bertz CT molecular complexity index is 123. The molecule has 0 aliphatic rings. The van der Waals surface area contributed by atoms with Gasteiger partial charge in [0.15, 0.2) is 0 Å². The molecule has 13 heavy (non-hydrogen) atoms. The summed E-state index contributed by atoms with van der Waals surface area (Å²) in [5.41, 5.74) is 0.764. The summed E-state index contributed by atoms with van der Waals surface area (Å²) in [6.45, 7) is 15.2. The van der Waals surface area contributed by atoms with Crippen molar-refractivity contribution in [3.8, 4) is 0 Å². The smallest absolute Gasteiger partial charge is 0.121 e. The van der Waals surface area contributed by atoms with Crippen LogP contribution in [-0.4, -0.2) is 0 Å². The van der Waals surface area contributed by atoms with Gasteiger partial charge >= 0.3 is 0 Å². The first-order valence-electron chi connectivity index (χ1n) is 5.11. The molecule has 0 spiro atoms. The third kappa shape index (κ3) is 18.4. The average Bonchev–Trinajstić information content (AvgIpc) is 2.19. The van der Waals surface area contributed by atoms with E-state index >= 15 is 0 Å². The monoisotopic (exact) mass is 188 g/mol. The van der Waals surface area contributed by atoms with E-state index in [2.05, 4.69) is 20.4 Å². The number of hydrogen-bond acceptors (Lipinski definition) is 0. The van der Waals surface area contributed by atoms with Gasteiger partial charge < -0.3 is 0 Å². The van der Waals surface area contributed by atoms with Gasteiger partial charge in [-0.2, -0.15) is 0 Å². The van der Waals surface area contributed by atoms with E-state index < -0.39 is 0 Å². The van der Waals surface area contributed by atoms with Gasteiger partial charge in [-0.05, 0) is 25.0 Å². The average molecular weight is 188 g/mol. The van der Waals surface area contributed by atoms with Gasteiger partial charge in [0.25, 0.3) is 0 Å². The second kappa shape index (κ2) is 17.5. The van der Waals surface area contributed by atoms with Crippen LogP contribution < -0.4 is 0 Å². The quantitative estimate of drug-likeness (QED) is 0.518. The van der Waals surface area contributed by atoms with Gasteiger partial charge in [0.05, 0.1) is 0 Å². The van der Waals surface area contributed by atoms with Crippen LogP contribution in [0.4, 0.5) is 4.39 Å². The zero-order valence-corrected chi connectivity index (χ0v) is 10.1. The molecule has 0 rings (SSSR count). The van der Waals surface area contributed by atoms with Crippen molar-refractivity contribution in [1.29, 1.82) is 0 Å². The van der Waals surface area contributed by atoms with Gasteiger partial charge in [-0.1, -0.05) is 47.6 Å². The predicted molar refractivity (Wildman–Crippen MR) is 61.6 cm³/mol. The molecule has 0 unspecified atom stereocenters. The zero-order valence-electron chi connectivity index (χ0n) is 10.1. The van der Waals surface area contributed by atoms with E-state index in [1.54, 1.807) is 6.92 Å². The molecule has 0 fully saturated rings. The molecule has 0 saturated carbocycles. The molecule has 0 aliphatic carbocycles. The highest BCUT2D eigenvalue weighted by atomic mass is 19.1. The van der Waals surface area contributed by atoms with Gasteiger partial charge in [0.1, 0.15) is 5.83 Å². The summed E-state index contributed by atoms with van der Waals surface area (Å²) in [6.07, 6.45) is 3.25. The molecular weight excluding hydrogens is 163 g/mol. The van der Waals surface area contributed by atoms with E-state index in [1.807, 2.05) is 20.8 Å². The van der Waals surface area contributed by atoms with E-state index in [4.69, 9.17) is 0 Å². The van der Waals surface area contributed by atoms with Crippen LogP contribution >= 0.6 is 0 Å². The van der Waals surface area contributed by atoms with Crippen molar-refractivity contribution < 1.29 is 4.39 Å². The summed E-state index contributed by atoms with van der Waals surface area (Å²) < 4.78 is 12.3. The van der Waals surface area contributed by atoms with E-state index in [0.717, 1.165) is 12.0 Å². The van der Waals surface area contributed by atoms with Crippen LogP contribution in [-0.2, 0) is 0 Å². The maximum Gasteiger partial charge on any atom is 0.121 e. The lowest BCUT2D eigenvalue weighted by atomic mass is 10.2. The SMILES string of the molecule is C=C/C(F)=C(\C)CC.CC.CCC. The summed E-state index contributed by atoms with van der Waals surface area (Å²) in [5, 5.41) is 0. The van der Waals surface area contributed by atoms with Crippen molar-refractivity contribution >= 4 is 0 Å². The lowest BCUT2D eigenvalue weighted by molar-refractivity contribution is 0.648. The largest absolute Gasteiger partial charge is 0.207 e. The Balaban J connectivity index is -0.000000169. The van der Waals surface area contributed by atoms with Crippen LogP contribution in [0, 0.1) is 0 Å². The molecule has 0 radical (unpaired) electrons. The molecule has 1 heteroatoms. The second-order valence-electron chi connectivity index (χ2n) is 2.39.